The molecule has 0 heterocycles. The Morgan fingerprint density at radius 3 is 2.88 bits per heavy atom. The number of aryl methyl sites for hydroxylation is 1. The van der Waals surface area contributed by atoms with Gasteiger partial charge in [-0.15, -0.1) is 0 Å². The monoisotopic (exact) mass is 236 g/mol. The molecule has 0 aliphatic carbocycles. The van der Waals surface area contributed by atoms with Gasteiger partial charge in [-0.3, -0.25) is 4.39 Å². The third-order valence-electron chi connectivity index (χ3n) is 2.20. The number of alkyl halides is 1. The van der Waals surface area contributed by atoms with E-state index < -0.39 is 0 Å². The van der Waals surface area contributed by atoms with Crippen LogP contribution in [-0.4, -0.2) is 25.0 Å². The molecule has 0 amide bonds. The highest BCUT2D eigenvalue weighted by Crippen LogP contribution is 2.16. The van der Waals surface area contributed by atoms with Gasteiger partial charge in [0.2, 0.25) is 0 Å². The van der Waals surface area contributed by atoms with Crippen molar-refractivity contribution in [1.29, 1.82) is 0 Å². The van der Waals surface area contributed by atoms with E-state index >= 15 is 0 Å². The van der Waals surface area contributed by atoms with Crippen molar-refractivity contribution in [1.82, 2.24) is 0 Å². The average molecular weight is 236 g/mol. The van der Waals surface area contributed by atoms with Crippen LogP contribution >= 0.6 is 0 Å². The fraction of sp³-hybridized carbons (Fsp3) is 0.429. The number of rotatable bonds is 5. The predicted molar refractivity (Wildman–Crippen MR) is 65.8 cm³/mol. The third-order valence-corrected chi connectivity index (χ3v) is 2.20. The molecule has 0 aromatic heterocycles. The second-order valence-corrected chi connectivity index (χ2v) is 3.64. The van der Waals surface area contributed by atoms with Crippen LogP contribution in [0.1, 0.15) is 24.0 Å². The summed E-state index contributed by atoms with van der Waals surface area (Å²) < 4.78 is 17.3. The first kappa shape index (κ1) is 13.5. The Morgan fingerprint density at radius 1 is 1.41 bits per heavy atom. The van der Waals surface area contributed by atoms with Crippen molar-refractivity contribution in [3.8, 4) is 17.6 Å². The van der Waals surface area contributed by atoms with E-state index in [-0.39, 0.29) is 13.3 Å². The van der Waals surface area contributed by atoms with Crippen molar-refractivity contribution in [2.45, 2.75) is 19.8 Å². The average Bonchev–Trinajstić information content (AvgIpc) is 2.32. The molecule has 0 saturated heterocycles. The molecule has 0 atom stereocenters. The summed E-state index contributed by atoms with van der Waals surface area (Å²) in [5, 5.41) is 8.63. The Kier molecular flexibility index (Phi) is 6.13. The molecule has 1 aromatic rings. The quantitative estimate of drug-likeness (QED) is 0.628. The minimum atomic E-state index is -0.357. The van der Waals surface area contributed by atoms with Gasteiger partial charge in [0.15, 0.2) is 0 Å². The lowest BCUT2D eigenvalue weighted by Gasteiger charge is -2.06. The minimum Gasteiger partial charge on any atom is -0.493 e. The van der Waals surface area contributed by atoms with Crippen LogP contribution in [0.4, 0.5) is 4.39 Å². The lowest BCUT2D eigenvalue weighted by molar-refractivity contribution is 0.289. The SMILES string of the molecule is Cc1cc(OCCCF)ccc1C#CCCO. The fourth-order valence-electron chi connectivity index (χ4n) is 1.32. The van der Waals surface area contributed by atoms with Gasteiger partial charge in [0.1, 0.15) is 5.75 Å². The summed E-state index contributed by atoms with van der Waals surface area (Å²) >= 11 is 0. The van der Waals surface area contributed by atoms with Crippen molar-refractivity contribution >= 4 is 0 Å². The smallest absolute Gasteiger partial charge is 0.119 e. The summed E-state index contributed by atoms with van der Waals surface area (Å²) in [5.74, 6) is 6.60. The molecule has 0 unspecified atom stereocenters. The Balaban J connectivity index is 2.63. The highest BCUT2D eigenvalue weighted by atomic mass is 19.1. The molecule has 17 heavy (non-hydrogen) atoms. The molecule has 3 heteroatoms. The molecule has 2 nitrogen and oxygen atoms in total. The Hall–Kier alpha value is -1.53. The van der Waals surface area contributed by atoms with Gasteiger partial charge in [-0.05, 0) is 30.7 Å². The van der Waals surface area contributed by atoms with Crippen LogP contribution in [0, 0.1) is 18.8 Å². The van der Waals surface area contributed by atoms with E-state index in [1.165, 1.54) is 0 Å². The number of benzene rings is 1. The zero-order chi connectivity index (χ0) is 12.5. The van der Waals surface area contributed by atoms with Gasteiger partial charge in [-0.25, -0.2) is 0 Å². The Morgan fingerprint density at radius 2 is 2.24 bits per heavy atom. The summed E-state index contributed by atoms with van der Waals surface area (Å²) in [4.78, 5) is 0. The number of aliphatic hydroxyl groups is 1. The van der Waals surface area contributed by atoms with Crippen LogP contribution in [-0.2, 0) is 0 Å². The van der Waals surface area contributed by atoms with E-state index in [2.05, 4.69) is 11.8 Å². The van der Waals surface area contributed by atoms with E-state index in [4.69, 9.17) is 9.84 Å². The number of hydrogen-bond donors (Lipinski definition) is 1. The number of hydrogen-bond acceptors (Lipinski definition) is 2. The van der Waals surface area contributed by atoms with Gasteiger partial charge in [-0.2, -0.15) is 0 Å². The standard InChI is InChI=1S/C14H17FO2/c1-12-11-14(17-10-4-8-15)7-6-13(12)5-2-3-9-16/h6-7,11,16H,3-4,8-10H2,1H3. The molecular formula is C14H17FO2. The predicted octanol–water partition coefficient (Wildman–Crippen LogP) is 2.47. The Labute approximate surface area is 101 Å². The van der Waals surface area contributed by atoms with E-state index in [0.717, 1.165) is 16.9 Å². The van der Waals surface area contributed by atoms with Crippen LogP contribution < -0.4 is 4.74 Å². The first-order valence-corrected chi connectivity index (χ1v) is 5.67. The molecule has 0 spiro atoms. The highest BCUT2D eigenvalue weighted by molar-refractivity contribution is 5.44. The highest BCUT2D eigenvalue weighted by Gasteiger charge is 1.98. The minimum absolute atomic E-state index is 0.0798. The maximum atomic E-state index is 11.9. The summed E-state index contributed by atoms with van der Waals surface area (Å²) in [6, 6.07) is 5.60. The van der Waals surface area contributed by atoms with Crippen molar-refractivity contribution in [2.24, 2.45) is 0 Å². The first-order valence-electron chi connectivity index (χ1n) is 5.67. The molecule has 0 aliphatic heterocycles. The van der Waals surface area contributed by atoms with Gasteiger partial charge in [-0.1, -0.05) is 11.8 Å². The molecule has 0 bridgehead atoms. The van der Waals surface area contributed by atoms with E-state index in [1.807, 2.05) is 25.1 Å². The molecule has 0 saturated carbocycles. The summed E-state index contributed by atoms with van der Waals surface area (Å²) in [5.41, 5.74) is 1.95. The topological polar surface area (TPSA) is 29.5 Å². The maximum absolute atomic E-state index is 11.9. The zero-order valence-electron chi connectivity index (χ0n) is 10.0. The number of halogens is 1. The molecular weight excluding hydrogens is 219 g/mol. The second kappa shape index (κ2) is 7.70. The molecule has 0 radical (unpaired) electrons. The van der Waals surface area contributed by atoms with Gasteiger partial charge >= 0.3 is 0 Å². The fourth-order valence-corrected chi connectivity index (χ4v) is 1.32. The van der Waals surface area contributed by atoms with Gasteiger partial charge < -0.3 is 9.84 Å². The van der Waals surface area contributed by atoms with Crippen molar-refractivity contribution in [3.63, 3.8) is 0 Å². The van der Waals surface area contributed by atoms with Crippen LogP contribution in [0.3, 0.4) is 0 Å². The summed E-state index contributed by atoms with van der Waals surface area (Å²) in [6.07, 6.45) is 0.894. The Bertz CT molecular complexity index is 404. The van der Waals surface area contributed by atoms with Crippen molar-refractivity contribution in [3.05, 3.63) is 29.3 Å². The molecule has 1 rings (SSSR count). The molecule has 1 aromatic carbocycles. The van der Waals surface area contributed by atoms with Crippen LogP contribution in [0.15, 0.2) is 18.2 Å². The van der Waals surface area contributed by atoms with Gasteiger partial charge in [0.25, 0.3) is 0 Å². The van der Waals surface area contributed by atoms with Crippen LogP contribution in [0.25, 0.3) is 0 Å². The lowest BCUT2D eigenvalue weighted by Crippen LogP contribution is -1.98. The molecule has 0 fully saturated rings. The first-order chi connectivity index (χ1) is 8.27. The normalized spacial score (nSPS) is 9.59. The third kappa shape index (κ3) is 4.88. The lowest BCUT2D eigenvalue weighted by atomic mass is 10.1. The number of ether oxygens (including phenoxy) is 1. The molecule has 0 aliphatic rings. The summed E-state index contributed by atoms with van der Waals surface area (Å²) in [6.45, 7) is 2.07. The molecule has 1 N–H and O–H groups in total. The number of aliphatic hydroxyl groups excluding tert-OH is 1. The summed E-state index contributed by atoms with van der Waals surface area (Å²) in [7, 11) is 0. The van der Waals surface area contributed by atoms with Gasteiger partial charge in [0, 0.05) is 18.4 Å². The zero-order valence-corrected chi connectivity index (χ0v) is 10.0. The van der Waals surface area contributed by atoms with E-state index in [0.29, 0.717) is 19.4 Å². The van der Waals surface area contributed by atoms with Crippen molar-refractivity contribution < 1.29 is 14.2 Å². The van der Waals surface area contributed by atoms with Crippen LogP contribution in [0.2, 0.25) is 0 Å². The van der Waals surface area contributed by atoms with Crippen molar-refractivity contribution in [2.75, 3.05) is 19.9 Å². The van der Waals surface area contributed by atoms with E-state index in [9.17, 15) is 4.39 Å². The largest absolute Gasteiger partial charge is 0.493 e. The van der Waals surface area contributed by atoms with Crippen LogP contribution in [0.5, 0.6) is 5.75 Å². The maximum Gasteiger partial charge on any atom is 0.119 e. The van der Waals surface area contributed by atoms with Gasteiger partial charge in [0.05, 0.1) is 19.9 Å². The molecule has 92 valence electrons. The second-order valence-electron chi connectivity index (χ2n) is 3.64. The van der Waals surface area contributed by atoms with E-state index in [1.54, 1.807) is 0 Å².